The Morgan fingerprint density at radius 2 is 1.24 bits per heavy atom. The van der Waals surface area contributed by atoms with Crippen LogP contribution in [0.3, 0.4) is 0 Å². The summed E-state index contributed by atoms with van der Waals surface area (Å²) in [5.74, 6) is -1.64. The molecule has 0 bridgehead atoms. The van der Waals surface area contributed by atoms with Gasteiger partial charge < -0.3 is 20.1 Å². The van der Waals surface area contributed by atoms with Crippen molar-refractivity contribution in [2.45, 2.75) is 84.7 Å². The van der Waals surface area contributed by atoms with Gasteiger partial charge in [-0.25, -0.2) is 9.59 Å². The normalized spacial score (nSPS) is 13.8. The average Bonchev–Trinajstić information content (AvgIpc) is 3.22. The van der Waals surface area contributed by atoms with E-state index < -0.39 is 17.5 Å². The summed E-state index contributed by atoms with van der Waals surface area (Å²) in [7, 11) is 0. The molecule has 0 spiro atoms. The summed E-state index contributed by atoms with van der Waals surface area (Å²) in [6.07, 6.45) is 5.20. The first-order chi connectivity index (χ1) is 19.6. The zero-order valence-electron chi connectivity index (χ0n) is 23.9. The van der Waals surface area contributed by atoms with Crippen molar-refractivity contribution >= 4 is 43.8 Å². The predicted octanol–water partition coefficient (Wildman–Crippen LogP) is 8.59. The molecule has 1 aliphatic rings. The van der Waals surface area contributed by atoms with Crippen LogP contribution in [0, 0.1) is 0 Å². The number of hydrogen-bond acceptors (Lipinski definition) is 5. The highest BCUT2D eigenvalue weighted by Crippen LogP contribution is 2.57. The minimum absolute atomic E-state index is 0.0775. The number of phenolic OH excluding ortho intramolecular Hbond substituents is 2. The summed E-state index contributed by atoms with van der Waals surface area (Å²) >= 11 is 7.53. The molecule has 8 heteroatoms. The topological polar surface area (TPSA) is 104 Å². The maximum atomic E-state index is 13.7. The van der Waals surface area contributed by atoms with Gasteiger partial charge >= 0.3 is 11.9 Å². The number of carbonyl (C=O) groups excluding carboxylic acids is 1. The van der Waals surface area contributed by atoms with E-state index >= 15 is 0 Å². The number of esters is 1. The van der Waals surface area contributed by atoms with Crippen molar-refractivity contribution < 1.29 is 29.6 Å². The Morgan fingerprint density at radius 1 is 0.780 bits per heavy atom. The summed E-state index contributed by atoms with van der Waals surface area (Å²) in [6.45, 7) is 8.06. The van der Waals surface area contributed by atoms with Gasteiger partial charge in [0.2, 0.25) is 0 Å². The number of aryl methyl sites for hydroxylation is 2. The number of cyclic esters (lactones) is 1. The molecule has 0 fully saturated rings. The first kappa shape index (κ1) is 31.1. The number of rotatable bonds is 11. The van der Waals surface area contributed by atoms with Crippen LogP contribution in [-0.4, -0.2) is 27.3 Å². The highest BCUT2D eigenvalue weighted by Gasteiger charge is 2.55. The molecule has 0 saturated heterocycles. The van der Waals surface area contributed by atoms with Gasteiger partial charge in [-0.3, -0.25) is 0 Å². The lowest BCUT2D eigenvalue weighted by molar-refractivity contribution is 0.0235. The molecule has 0 radical (unpaired) electrons. The molecular formula is C33H36Br2O6. The van der Waals surface area contributed by atoms with Gasteiger partial charge in [0.15, 0.2) is 5.60 Å². The molecule has 0 aromatic heterocycles. The SMILES string of the molecule is CCCc1cc(Br)c(C2(c3c(Br)cc(CCC)c(O)c3CCC)OC(=O)c3cccc(C(=O)O)c32)c(CCC)c1O. The maximum Gasteiger partial charge on any atom is 0.340 e. The lowest BCUT2D eigenvalue weighted by Gasteiger charge is -2.37. The van der Waals surface area contributed by atoms with Crippen LogP contribution in [0.1, 0.15) is 113 Å². The quantitative estimate of drug-likeness (QED) is 0.175. The molecule has 0 amide bonds. The molecule has 6 nitrogen and oxygen atoms in total. The second-order valence-corrected chi connectivity index (χ2v) is 12.3. The standard InChI is InChI=1S/C33H36Br2O6/c1-5-10-18-16-24(34)27(20(12-7-3)29(18)36)33(26-22(31(38)39)14-9-15-23(26)32(40)41-33)28-21(13-8-4)30(37)19(11-6-2)17-25(28)35/h9,14-17,36-37H,5-8,10-13H2,1-4H3,(H,38,39). The molecule has 4 rings (SSSR count). The molecular weight excluding hydrogens is 652 g/mol. The Kier molecular flexibility index (Phi) is 9.54. The van der Waals surface area contributed by atoms with E-state index in [4.69, 9.17) is 4.74 Å². The van der Waals surface area contributed by atoms with Crippen molar-refractivity contribution in [3.63, 3.8) is 0 Å². The number of aromatic carboxylic acids is 1. The van der Waals surface area contributed by atoms with Crippen LogP contribution >= 0.6 is 31.9 Å². The predicted molar refractivity (Wildman–Crippen MR) is 166 cm³/mol. The fourth-order valence-electron chi connectivity index (χ4n) is 6.17. The van der Waals surface area contributed by atoms with Gasteiger partial charge in [0.05, 0.1) is 11.1 Å². The summed E-state index contributed by atoms with van der Waals surface area (Å²) in [4.78, 5) is 26.4. The van der Waals surface area contributed by atoms with Crippen molar-refractivity contribution in [3.05, 3.63) is 89.3 Å². The second kappa shape index (κ2) is 12.6. The van der Waals surface area contributed by atoms with Gasteiger partial charge in [-0.1, -0.05) is 91.3 Å². The Labute approximate surface area is 258 Å². The van der Waals surface area contributed by atoms with Crippen LogP contribution in [0.5, 0.6) is 11.5 Å². The van der Waals surface area contributed by atoms with Crippen molar-refractivity contribution in [3.8, 4) is 11.5 Å². The molecule has 41 heavy (non-hydrogen) atoms. The minimum Gasteiger partial charge on any atom is -0.507 e. The molecule has 0 aliphatic carbocycles. The molecule has 1 aliphatic heterocycles. The zero-order valence-corrected chi connectivity index (χ0v) is 27.0. The zero-order chi connectivity index (χ0) is 30.1. The number of aromatic hydroxyl groups is 2. The maximum absolute atomic E-state index is 13.7. The van der Waals surface area contributed by atoms with Crippen molar-refractivity contribution in [1.82, 2.24) is 0 Å². The minimum atomic E-state index is -1.77. The van der Waals surface area contributed by atoms with E-state index in [9.17, 15) is 24.9 Å². The molecule has 1 heterocycles. The van der Waals surface area contributed by atoms with Gasteiger partial charge in [0, 0.05) is 36.8 Å². The van der Waals surface area contributed by atoms with Crippen LogP contribution in [0.15, 0.2) is 39.3 Å². The van der Waals surface area contributed by atoms with Crippen molar-refractivity contribution in [2.24, 2.45) is 0 Å². The number of carbonyl (C=O) groups is 2. The van der Waals surface area contributed by atoms with E-state index in [-0.39, 0.29) is 28.2 Å². The second-order valence-electron chi connectivity index (χ2n) is 10.5. The van der Waals surface area contributed by atoms with Gasteiger partial charge in [-0.15, -0.1) is 0 Å². The molecule has 0 saturated carbocycles. The number of carboxylic acid groups (broad SMARTS) is 1. The van der Waals surface area contributed by atoms with Crippen LogP contribution in [-0.2, 0) is 36.0 Å². The highest BCUT2D eigenvalue weighted by atomic mass is 79.9. The third kappa shape index (κ3) is 5.18. The van der Waals surface area contributed by atoms with E-state index in [1.54, 1.807) is 6.07 Å². The van der Waals surface area contributed by atoms with E-state index in [0.29, 0.717) is 69.7 Å². The van der Waals surface area contributed by atoms with E-state index in [0.717, 1.165) is 24.0 Å². The molecule has 3 aromatic carbocycles. The van der Waals surface area contributed by atoms with Crippen LogP contribution < -0.4 is 0 Å². The Balaban J connectivity index is 2.31. The first-order valence-electron chi connectivity index (χ1n) is 14.3. The lowest BCUT2D eigenvalue weighted by Crippen LogP contribution is -2.35. The van der Waals surface area contributed by atoms with E-state index in [2.05, 4.69) is 31.9 Å². The first-order valence-corrected chi connectivity index (χ1v) is 15.8. The smallest absolute Gasteiger partial charge is 0.340 e. The number of ether oxygens (including phenoxy) is 1. The largest absolute Gasteiger partial charge is 0.507 e. The summed E-state index contributed by atoms with van der Waals surface area (Å²) in [5, 5.41) is 33.7. The van der Waals surface area contributed by atoms with E-state index in [1.807, 2.05) is 39.8 Å². The van der Waals surface area contributed by atoms with Crippen LogP contribution in [0.2, 0.25) is 0 Å². The third-order valence-electron chi connectivity index (χ3n) is 7.72. The Hall–Kier alpha value is -2.84. The molecule has 3 aromatic rings. The summed E-state index contributed by atoms with van der Waals surface area (Å²) in [6, 6.07) is 8.25. The molecule has 0 atom stereocenters. The van der Waals surface area contributed by atoms with Crippen molar-refractivity contribution in [1.29, 1.82) is 0 Å². The monoisotopic (exact) mass is 686 g/mol. The van der Waals surface area contributed by atoms with Gasteiger partial charge in [-0.05, 0) is 61.1 Å². The Morgan fingerprint density at radius 3 is 1.66 bits per heavy atom. The molecule has 218 valence electrons. The fraction of sp³-hybridized carbons (Fsp3) is 0.394. The lowest BCUT2D eigenvalue weighted by atomic mass is 9.72. The van der Waals surface area contributed by atoms with Crippen LogP contribution in [0.4, 0.5) is 0 Å². The average molecular weight is 688 g/mol. The fourth-order valence-corrected chi connectivity index (χ4v) is 7.76. The number of benzene rings is 3. The summed E-state index contributed by atoms with van der Waals surface area (Å²) in [5.41, 5.74) is 2.11. The molecule has 3 N–H and O–H groups in total. The Bertz CT molecular complexity index is 1440. The third-order valence-corrected chi connectivity index (χ3v) is 8.97. The number of hydrogen-bond donors (Lipinski definition) is 3. The highest BCUT2D eigenvalue weighted by molar-refractivity contribution is 9.10. The number of phenols is 2. The number of fused-ring (bicyclic) bond motifs is 1. The van der Waals surface area contributed by atoms with Gasteiger partial charge in [0.1, 0.15) is 11.5 Å². The number of carboxylic acids is 1. The van der Waals surface area contributed by atoms with Crippen molar-refractivity contribution in [2.75, 3.05) is 0 Å². The van der Waals surface area contributed by atoms with Crippen LogP contribution in [0.25, 0.3) is 0 Å². The van der Waals surface area contributed by atoms with E-state index in [1.165, 1.54) is 12.1 Å². The summed E-state index contributed by atoms with van der Waals surface area (Å²) < 4.78 is 7.63. The molecule has 0 unspecified atom stereocenters. The van der Waals surface area contributed by atoms with Gasteiger partial charge in [0.25, 0.3) is 0 Å². The number of halogens is 2. The van der Waals surface area contributed by atoms with Gasteiger partial charge in [-0.2, -0.15) is 0 Å².